The molecule has 0 aromatic heterocycles. The van der Waals surface area contributed by atoms with Gasteiger partial charge in [-0.05, 0) is 45.5 Å². The van der Waals surface area contributed by atoms with Gasteiger partial charge in [0.15, 0.2) is 0 Å². The highest BCUT2D eigenvalue weighted by Gasteiger charge is 2.12. The molecule has 1 N–H and O–H groups in total. The molecule has 0 unspecified atom stereocenters. The van der Waals surface area contributed by atoms with Crippen molar-refractivity contribution in [2.24, 2.45) is 0 Å². The third-order valence-electron chi connectivity index (χ3n) is 2.39. The standard InChI is InChI=1S/C14H23NO2/c1-14(2,3)17-10-12-8-11(9-15-4)6-7-13(12)16-5/h6-8,15H,9-10H2,1-5H3. The van der Waals surface area contributed by atoms with Crippen LogP contribution in [0.25, 0.3) is 0 Å². The van der Waals surface area contributed by atoms with Crippen LogP contribution in [-0.4, -0.2) is 19.8 Å². The van der Waals surface area contributed by atoms with Crippen molar-refractivity contribution in [3.63, 3.8) is 0 Å². The lowest BCUT2D eigenvalue weighted by Gasteiger charge is -2.20. The Morgan fingerprint density at radius 2 is 1.94 bits per heavy atom. The molecule has 1 rings (SSSR count). The number of hydrogen-bond acceptors (Lipinski definition) is 3. The van der Waals surface area contributed by atoms with E-state index in [1.165, 1.54) is 5.56 Å². The van der Waals surface area contributed by atoms with Crippen LogP contribution in [0.1, 0.15) is 31.9 Å². The first-order valence-corrected chi connectivity index (χ1v) is 5.90. The van der Waals surface area contributed by atoms with E-state index in [4.69, 9.17) is 9.47 Å². The average Bonchev–Trinajstić information content (AvgIpc) is 2.26. The van der Waals surface area contributed by atoms with E-state index in [-0.39, 0.29) is 5.60 Å². The first kappa shape index (κ1) is 14.0. The van der Waals surface area contributed by atoms with Gasteiger partial charge in [-0.15, -0.1) is 0 Å². The van der Waals surface area contributed by atoms with Crippen molar-refractivity contribution in [3.8, 4) is 5.75 Å². The molecule has 1 aromatic carbocycles. The Hall–Kier alpha value is -1.06. The molecule has 1 aromatic rings. The van der Waals surface area contributed by atoms with Crippen molar-refractivity contribution in [1.29, 1.82) is 0 Å². The Kier molecular flexibility index (Phi) is 4.97. The third-order valence-corrected chi connectivity index (χ3v) is 2.39. The van der Waals surface area contributed by atoms with E-state index in [1.807, 2.05) is 13.1 Å². The Bertz CT molecular complexity index is 356. The topological polar surface area (TPSA) is 30.5 Å². The molecule has 0 aliphatic rings. The first-order valence-electron chi connectivity index (χ1n) is 5.90. The van der Waals surface area contributed by atoms with Crippen molar-refractivity contribution >= 4 is 0 Å². The lowest BCUT2D eigenvalue weighted by molar-refractivity contribution is -0.0156. The average molecular weight is 237 g/mol. The second kappa shape index (κ2) is 6.03. The number of nitrogens with one attached hydrogen (secondary N) is 1. The van der Waals surface area contributed by atoms with Gasteiger partial charge in [0.05, 0.1) is 19.3 Å². The van der Waals surface area contributed by atoms with E-state index >= 15 is 0 Å². The molecule has 0 heterocycles. The second-order valence-corrected chi connectivity index (χ2v) is 5.08. The number of ether oxygens (including phenoxy) is 2. The summed E-state index contributed by atoms with van der Waals surface area (Å²) < 4.78 is 11.1. The van der Waals surface area contributed by atoms with Gasteiger partial charge in [0.1, 0.15) is 5.75 Å². The minimum absolute atomic E-state index is 0.135. The van der Waals surface area contributed by atoms with Crippen LogP contribution in [0.2, 0.25) is 0 Å². The summed E-state index contributed by atoms with van der Waals surface area (Å²) in [4.78, 5) is 0. The molecular weight excluding hydrogens is 214 g/mol. The highest BCUT2D eigenvalue weighted by molar-refractivity contribution is 5.36. The fourth-order valence-corrected chi connectivity index (χ4v) is 1.55. The van der Waals surface area contributed by atoms with Gasteiger partial charge in [0, 0.05) is 12.1 Å². The monoisotopic (exact) mass is 237 g/mol. The summed E-state index contributed by atoms with van der Waals surface area (Å²) in [5, 5.41) is 3.14. The summed E-state index contributed by atoms with van der Waals surface area (Å²) in [6.07, 6.45) is 0. The zero-order valence-corrected chi connectivity index (χ0v) is 11.5. The Morgan fingerprint density at radius 1 is 1.24 bits per heavy atom. The predicted octanol–water partition coefficient (Wildman–Crippen LogP) is 2.73. The van der Waals surface area contributed by atoms with Crippen molar-refractivity contribution < 1.29 is 9.47 Å². The molecule has 0 fully saturated rings. The van der Waals surface area contributed by atoms with Crippen LogP contribution in [0.3, 0.4) is 0 Å². The van der Waals surface area contributed by atoms with Gasteiger partial charge >= 0.3 is 0 Å². The molecule has 0 saturated heterocycles. The van der Waals surface area contributed by atoms with Gasteiger partial charge in [-0.1, -0.05) is 6.07 Å². The normalized spacial score (nSPS) is 11.6. The van der Waals surface area contributed by atoms with E-state index in [1.54, 1.807) is 7.11 Å². The van der Waals surface area contributed by atoms with Crippen LogP contribution < -0.4 is 10.1 Å². The van der Waals surface area contributed by atoms with Crippen LogP contribution in [0.15, 0.2) is 18.2 Å². The van der Waals surface area contributed by atoms with Gasteiger partial charge in [-0.3, -0.25) is 0 Å². The van der Waals surface area contributed by atoms with Gasteiger partial charge in [-0.25, -0.2) is 0 Å². The maximum Gasteiger partial charge on any atom is 0.124 e. The fourth-order valence-electron chi connectivity index (χ4n) is 1.55. The molecule has 0 bridgehead atoms. The lowest BCUT2D eigenvalue weighted by Crippen LogP contribution is -2.19. The summed E-state index contributed by atoms with van der Waals surface area (Å²) in [6.45, 7) is 7.58. The quantitative estimate of drug-likeness (QED) is 0.854. The highest BCUT2D eigenvalue weighted by atomic mass is 16.5. The SMILES string of the molecule is CNCc1ccc(OC)c(COC(C)(C)C)c1. The summed E-state index contributed by atoms with van der Waals surface area (Å²) in [5.74, 6) is 0.883. The van der Waals surface area contributed by atoms with Gasteiger partial charge in [0.25, 0.3) is 0 Å². The first-order chi connectivity index (χ1) is 7.96. The smallest absolute Gasteiger partial charge is 0.124 e. The Morgan fingerprint density at radius 3 is 2.47 bits per heavy atom. The maximum absolute atomic E-state index is 5.79. The van der Waals surface area contributed by atoms with Crippen molar-refractivity contribution in [1.82, 2.24) is 5.32 Å². The van der Waals surface area contributed by atoms with Crippen LogP contribution in [-0.2, 0) is 17.9 Å². The molecule has 3 heteroatoms. The van der Waals surface area contributed by atoms with Gasteiger partial charge in [0.2, 0.25) is 0 Å². The van der Waals surface area contributed by atoms with Crippen LogP contribution >= 0.6 is 0 Å². The zero-order chi connectivity index (χ0) is 12.9. The molecule has 0 aliphatic heterocycles. The molecule has 96 valence electrons. The predicted molar refractivity (Wildman–Crippen MR) is 70.3 cm³/mol. The van der Waals surface area contributed by atoms with Crippen molar-refractivity contribution in [2.75, 3.05) is 14.2 Å². The van der Waals surface area contributed by atoms with Gasteiger partial charge < -0.3 is 14.8 Å². The van der Waals surface area contributed by atoms with Crippen LogP contribution in [0.4, 0.5) is 0 Å². The molecule has 0 amide bonds. The second-order valence-electron chi connectivity index (χ2n) is 5.08. The molecular formula is C14H23NO2. The summed E-state index contributed by atoms with van der Waals surface area (Å²) in [5.41, 5.74) is 2.19. The van der Waals surface area contributed by atoms with Gasteiger partial charge in [-0.2, -0.15) is 0 Å². The zero-order valence-electron chi connectivity index (χ0n) is 11.5. The number of rotatable bonds is 5. The third kappa shape index (κ3) is 4.75. The Labute approximate surface area is 104 Å². The summed E-state index contributed by atoms with van der Waals surface area (Å²) in [7, 11) is 3.63. The lowest BCUT2D eigenvalue weighted by atomic mass is 10.1. The number of methoxy groups -OCH3 is 1. The van der Waals surface area contributed by atoms with Crippen LogP contribution in [0, 0.1) is 0 Å². The highest BCUT2D eigenvalue weighted by Crippen LogP contribution is 2.22. The molecule has 0 radical (unpaired) electrons. The van der Waals surface area contributed by atoms with Crippen molar-refractivity contribution in [2.45, 2.75) is 39.5 Å². The molecule has 17 heavy (non-hydrogen) atoms. The number of hydrogen-bond donors (Lipinski definition) is 1. The minimum Gasteiger partial charge on any atom is -0.496 e. The van der Waals surface area contributed by atoms with E-state index < -0.39 is 0 Å². The molecule has 0 atom stereocenters. The Balaban J connectivity index is 2.82. The molecule has 0 spiro atoms. The van der Waals surface area contributed by atoms with E-state index in [2.05, 4.69) is 38.2 Å². The van der Waals surface area contributed by atoms with Crippen LogP contribution in [0.5, 0.6) is 5.75 Å². The fraction of sp³-hybridized carbons (Fsp3) is 0.571. The largest absolute Gasteiger partial charge is 0.496 e. The molecule has 0 aliphatic carbocycles. The number of benzene rings is 1. The van der Waals surface area contributed by atoms with E-state index in [0.717, 1.165) is 17.9 Å². The van der Waals surface area contributed by atoms with Crippen molar-refractivity contribution in [3.05, 3.63) is 29.3 Å². The molecule has 0 saturated carbocycles. The van der Waals surface area contributed by atoms with E-state index in [9.17, 15) is 0 Å². The van der Waals surface area contributed by atoms with E-state index in [0.29, 0.717) is 6.61 Å². The minimum atomic E-state index is -0.135. The summed E-state index contributed by atoms with van der Waals surface area (Å²) in [6, 6.07) is 6.19. The molecule has 3 nitrogen and oxygen atoms in total. The maximum atomic E-state index is 5.79. The summed E-state index contributed by atoms with van der Waals surface area (Å²) >= 11 is 0.